The van der Waals surface area contributed by atoms with Gasteiger partial charge in [-0.25, -0.2) is 0 Å². The molecule has 4 radical (unpaired) electrons. The van der Waals surface area contributed by atoms with Crippen LogP contribution in [-0.2, 0) is 4.79 Å². The Bertz CT molecular complexity index is 534. The summed E-state index contributed by atoms with van der Waals surface area (Å²) in [5.41, 5.74) is 5.78. The van der Waals surface area contributed by atoms with Crippen molar-refractivity contribution >= 4 is 27.1 Å². The predicted octanol–water partition coefficient (Wildman–Crippen LogP) is 3.66. The van der Waals surface area contributed by atoms with E-state index in [4.69, 9.17) is 15.7 Å². The molecule has 0 fully saturated rings. The molecule has 0 aromatic heterocycles. The lowest BCUT2D eigenvalue weighted by Gasteiger charge is -2.16. The highest BCUT2D eigenvalue weighted by molar-refractivity contribution is 6.62. The van der Waals surface area contributed by atoms with Gasteiger partial charge in [0.2, 0.25) is 0 Å². The van der Waals surface area contributed by atoms with Gasteiger partial charge < -0.3 is 9.59 Å². The number of carbonyl (C=O) groups is 2. The molecule has 22 heavy (non-hydrogen) atoms. The minimum Gasteiger partial charge on any atom is -0.313 e. The fourth-order valence-electron chi connectivity index (χ4n) is 2.36. The van der Waals surface area contributed by atoms with E-state index >= 15 is 0 Å². The molecular weight excluding hydrogens is 270 g/mol. The van der Waals surface area contributed by atoms with Crippen molar-refractivity contribution in [1.29, 1.82) is 0 Å². The molecule has 4 heteroatoms. The van der Waals surface area contributed by atoms with Gasteiger partial charge in [0.15, 0.2) is 15.7 Å². The van der Waals surface area contributed by atoms with Crippen molar-refractivity contribution in [2.24, 2.45) is 5.92 Å². The molecule has 0 aliphatic heterocycles. The molecule has 116 valence electrons. The van der Waals surface area contributed by atoms with Crippen LogP contribution in [0.1, 0.15) is 64.9 Å². The third kappa shape index (κ3) is 5.47. The van der Waals surface area contributed by atoms with E-state index in [9.17, 15) is 9.59 Å². The first-order valence-electron chi connectivity index (χ1n) is 7.69. The van der Waals surface area contributed by atoms with Gasteiger partial charge in [-0.05, 0) is 74.8 Å². The molecule has 2 nitrogen and oxygen atoms in total. The summed E-state index contributed by atoms with van der Waals surface area (Å²) in [5.74, 6) is 0.451. The van der Waals surface area contributed by atoms with Gasteiger partial charge in [-0.1, -0.05) is 20.3 Å². The second-order valence-corrected chi connectivity index (χ2v) is 6.05. The largest absolute Gasteiger partial charge is 0.313 e. The molecule has 0 saturated heterocycles. The van der Waals surface area contributed by atoms with Crippen LogP contribution in [-0.4, -0.2) is 27.1 Å². The maximum Gasteiger partial charge on any atom is 0.175 e. The standard InChI is InChI=1S/C12H15BO.C6H11BO/c1-6-7(2)9(4)11(12(13)14)10(5)8(6)3;1-3-5(2)4-6(7)8/h1-5H3;5H,3-4H2,1-2H3. The fourth-order valence-corrected chi connectivity index (χ4v) is 2.36. The van der Waals surface area contributed by atoms with Crippen molar-refractivity contribution in [2.75, 3.05) is 0 Å². The van der Waals surface area contributed by atoms with Crippen LogP contribution in [0.15, 0.2) is 0 Å². The molecule has 0 bridgehead atoms. The lowest BCUT2D eigenvalue weighted by molar-refractivity contribution is -0.112. The van der Waals surface area contributed by atoms with Crippen molar-refractivity contribution in [2.45, 2.75) is 61.3 Å². The van der Waals surface area contributed by atoms with E-state index in [1.165, 1.54) is 16.7 Å². The Kier molecular flexibility index (Phi) is 8.44. The van der Waals surface area contributed by atoms with Gasteiger partial charge in [0.05, 0.1) is 5.68 Å². The average molecular weight is 296 g/mol. The minimum absolute atomic E-state index is 0.195. The normalized spacial score (nSPS) is 11.4. The van der Waals surface area contributed by atoms with Crippen molar-refractivity contribution in [3.05, 3.63) is 33.4 Å². The first kappa shape index (κ1) is 20.7. The van der Waals surface area contributed by atoms with Gasteiger partial charge in [0.25, 0.3) is 0 Å². The van der Waals surface area contributed by atoms with E-state index in [0.29, 0.717) is 17.9 Å². The van der Waals surface area contributed by atoms with E-state index in [0.717, 1.165) is 17.5 Å². The zero-order chi connectivity index (χ0) is 17.6. The molecule has 1 atom stereocenters. The minimum atomic E-state index is -0.328. The molecule has 1 aromatic carbocycles. The highest BCUT2D eigenvalue weighted by atomic mass is 16.1. The van der Waals surface area contributed by atoms with Crippen molar-refractivity contribution < 1.29 is 9.59 Å². The van der Waals surface area contributed by atoms with E-state index in [1.807, 2.05) is 41.5 Å². The quantitative estimate of drug-likeness (QED) is 0.795. The Morgan fingerprint density at radius 1 is 0.864 bits per heavy atom. The van der Waals surface area contributed by atoms with Crippen LogP contribution < -0.4 is 0 Å². The van der Waals surface area contributed by atoms with Crippen LogP contribution in [0.5, 0.6) is 0 Å². The van der Waals surface area contributed by atoms with Gasteiger partial charge in [-0.3, -0.25) is 0 Å². The molecule has 0 saturated carbocycles. The van der Waals surface area contributed by atoms with Gasteiger partial charge in [0.1, 0.15) is 5.68 Å². The number of rotatable bonds is 4. The monoisotopic (exact) mass is 296 g/mol. The first-order valence-corrected chi connectivity index (χ1v) is 7.69. The Hall–Kier alpha value is -1.31. The number of benzene rings is 1. The Morgan fingerprint density at radius 2 is 1.23 bits per heavy atom. The summed E-state index contributed by atoms with van der Waals surface area (Å²) in [7, 11) is 10.3. The molecule has 0 N–H and O–H groups in total. The number of carbonyl (C=O) groups excluding carboxylic acids is 2. The zero-order valence-electron chi connectivity index (χ0n) is 15.0. The third-order valence-electron chi connectivity index (χ3n) is 4.49. The lowest BCUT2D eigenvalue weighted by atomic mass is 9.82. The van der Waals surface area contributed by atoms with Crippen LogP contribution in [0.25, 0.3) is 0 Å². The summed E-state index contributed by atoms with van der Waals surface area (Å²) in [6, 6.07) is 0. The lowest BCUT2D eigenvalue weighted by Crippen LogP contribution is -2.08. The second kappa shape index (κ2) is 8.97. The molecule has 0 spiro atoms. The first-order chi connectivity index (χ1) is 10.0. The van der Waals surface area contributed by atoms with Crippen LogP contribution in [0.3, 0.4) is 0 Å². The molecule has 1 aromatic rings. The number of hydrogen-bond acceptors (Lipinski definition) is 2. The Balaban J connectivity index is 0.000000472. The Labute approximate surface area is 137 Å². The molecule has 1 rings (SSSR count). The van der Waals surface area contributed by atoms with Crippen LogP contribution in [0.4, 0.5) is 0 Å². The van der Waals surface area contributed by atoms with Crippen LogP contribution in [0, 0.1) is 40.5 Å². The van der Waals surface area contributed by atoms with E-state index in [1.54, 1.807) is 0 Å². The van der Waals surface area contributed by atoms with E-state index in [-0.39, 0.29) is 11.4 Å². The highest BCUT2D eigenvalue weighted by Gasteiger charge is 2.14. The summed E-state index contributed by atoms with van der Waals surface area (Å²) in [6.45, 7) is 14.1. The Morgan fingerprint density at radius 3 is 1.45 bits per heavy atom. The molecule has 0 aliphatic rings. The molecule has 0 heterocycles. The van der Waals surface area contributed by atoms with Crippen molar-refractivity contribution in [1.82, 2.24) is 0 Å². The van der Waals surface area contributed by atoms with E-state index < -0.39 is 0 Å². The summed E-state index contributed by atoms with van der Waals surface area (Å²) < 4.78 is 0. The molecular formula is C18H26B2O2. The van der Waals surface area contributed by atoms with Crippen LogP contribution in [0.2, 0.25) is 0 Å². The summed E-state index contributed by atoms with van der Waals surface area (Å²) in [5, 5.41) is 0. The summed E-state index contributed by atoms with van der Waals surface area (Å²) in [6.07, 6.45) is 1.56. The van der Waals surface area contributed by atoms with Gasteiger partial charge >= 0.3 is 0 Å². The molecule has 0 aliphatic carbocycles. The predicted molar refractivity (Wildman–Crippen MR) is 95.0 cm³/mol. The smallest absolute Gasteiger partial charge is 0.175 e. The topological polar surface area (TPSA) is 34.1 Å². The maximum atomic E-state index is 11.3. The van der Waals surface area contributed by atoms with Gasteiger partial charge in [-0.15, -0.1) is 0 Å². The van der Waals surface area contributed by atoms with Gasteiger partial charge in [-0.2, -0.15) is 0 Å². The third-order valence-corrected chi connectivity index (χ3v) is 4.49. The van der Waals surface area contributed by atoms with Gasteiger partial charge in [0, 0.05) is 5.56 Å². The fraction of sp³-hybridized carbons (Fsp3) is 0.556. The summed E-state index contributed by atoms with van der Waals surface area (Å²) in [4.78, 5) is 21.5. The maximum absolute atomic E-state index is 11.3. The molecule has 0 amide bonds. The second-order valence-electron chi connectivity index (χ2n) is 6.05. The number of hydrogen-bond donors (Lipinski definition) is 0. The zero-order valence-corrected chi connectivity index (χ0v) is 15.0. The van der Waals surface area contributed by atoms with Crippen LogP contribution >= 0.6 is 0 Å². The van der Waals surface area contributed by atoms with E-state index in [2.05, 4.69) is 6.92 Å². The molecule has 1 unspecified atom stereocenters. The summed E-state index contributed by atoms with van der Waals surface area (Å²) >= 11 is 0. The highest BCUT2D eigenvalue weighted by Crippen LogP contribution is 2.25. The SMILES string of the molecule is [B]C(=O)CC(C)CC.[B]C(=O)c1c(C)c(C)c(C)c(C)c1C. The van der Waals surface area contributed by atoms with Crippen molar-refractivity contribution in [3.63, 3.8) is 0 Å². The van der Waals surface area contributed by atoms with Crippen molar-refractivity contribution in [3.8, 4) is 0 Å². The average Bonchev–Trinajstić information content (AvgIpc) is 2.42.